The lowest BCUT2D eigenvalue weighted by atomic mass is 9.94. The molecule has 1 aromatic heterocycles. The summed E-state index contributed by atoms with van der Waals surface area (Å²) < 4.78 is 28.4. The number of amides is 1. The van der Waals surface area contributed by atoms with E-state index in [9.17, 15) is 18.5 Å². The summed E-state index contributed by atoms with van der Waals surface area (Å²) in [6.07, 6.45) is 5.94. The minimum atomic E-state index is -3.28. The van der Waals surface area contributed by atoms with Gasteiger partial charge in [0.25, 0.3) is 5.91 Å². The maximum Gasteiger partial charge on any atom is 0.289 e. The fraction of sp³-hybridized carbons (Fsp3) is 0.333. The first-order valence-electron chi connectivity index (χ1n) is 9.47. The molecule has 1 aromatic carbocycles. The molecule has 8 nitrogen and oxygen atoms in total. The summed E-state index contributed by atoms with van der Waals surface area (Å²) in [6, 6.07) is 8.99. The maximum atomic E-state index is 12.3. The van der Waals surface area contributed by atoms with Crippen LogP contribution in [-0.2, 0) is 9.84 Å². The molecule has 3 rings (SSSR count). The molecule has 0 aliphatic heterocycles. The van der Waals surface area contributed by atoms with Gasteiger partial charge in [0.2, 0.25) is 5.82 Å². The van der Waals surface area contributed by atoms with Gasteiger partial charge >= 0.3 is 0 Å². The first kappa shape index (κ1) is 22.7. The molecule has 10 heteroatoms. The zero-order valence-electron chi connectivity index (χ0n) is 16.9. The number of rotatable bonds is 8. The topological polar surface area (TPSA) is 122 Å². The van der Waals surface area contributed by atoms with E-state index in [1.54, 1.807) is 19.1 Å². The highest BCUT2D eigenvalue weighted by Crippen LogP contribution is 2.56. The highest BCUT2D eigenvalue weighted by Gasteiger charge is 2.53. The van der Waals surface area contributed by atoms with Crippen LogP contribution in [0.25, 0.3) is 0 Å². The van der Waals surface area contributed by atoms with Gasteiger partial charge in [0, 0.05) is 28.3 Å². The Morgan fingerprint density at radius 3 is 2.52 bits per heavy atom. The second-order valence-electron chi connectivity index (χ2n) is 7.45. The standard InChI is InChI=1S/C21H21ClN4O4S/c1-14(7-10-31(2,28)29)26-20(27)19-24-11-15(12-25-19)30-18(21(13-23)8-9-21)16-5-3-4-6-17(16)22/h3-7,10-12,14,18H,8-9H2,1-2H3,(H,26,27)/b10-7+/t14-,18?/m1/s1. The van der Waals surface area contributed by atoms with Crippen molar-refractivity contribution >= 4 is 27.3 Å². The van der Waals surface area contributed by atoms with Gasteiger partial charge < -0.3 is 10.1 Å². The summed E-state index contributed by atoms with van der Waals surface area (Å²) in [4.78, 5) is 20.3. The Hall–Kier alpha value is -2.96. The number of benzene rings is 1. The van der Waals surface area contributed by atoms with Gasteiger partial charge in [-0.1, -0.05) is 35.9 Å². The van der Waals surface area contributed by atoms with Gasteiger partial charge in [0.05, 0.1) is 23.9 Å². The molecular weight excluding hydrogens is 440 g/mol. The van der Waals surface area contributed by atoms with E-state index in [0.29, 0.717) is 29.2 Å². The molecule has 1 amide bonds. The molecule has 1 N–H and O–H groups in total. The lowest BCUT2D eigenvalue weighted by Gasteiger charge is -2.24. The average molecular weight is 461 g/mol. The molecule has 0 bridgehead atoms. The molecule has 1 unspecified atom stereocenters. The van der Waals surface area contributed by atoms with Crippen LogP contribution in [0.1, 0.15) is 42.1 Å². The molecule has 2 atom stereocenters. The van der Waals surface area contributed by atoms with E-state index in [1.807, 2.05) is 12.1 Å². The number of hydrogen-bond donors (Lipinski definition) is 1. The molecule has 0 spiro atoms. The third-order valence-corrected chi connectivity index (χ3v) is 5.76. The van der Waals surface area contributed by atoms with Gasteiger partial charge in [0.1, 0.15) is 6.10 Å². The number of sulfone groups is 1. The molecule has 162 valence electrons. The Balaban J connectivity index is 1.73. The van der Waals surface area contributed by atoms with Gasteiger partial charge in [-0.15, -0.1) is 0 Å². The molecule has 1 heterocycles. The van der Waals surface area contributed by atoms with Crippen LogP contribution in [0.15, 0.2) is 48.1 Å². The predicted molar refractivity (Wildman–Crippen MR) is 115 cm³/mol. The van der Waals surface area contributed by atoms with Gasteiger partial charge in [-0.05, 0) is 25.8 Å². The van der Waals surface area contributed by atoms with E-state index in [0.717, 1.165) is 11.7 Å². The molecule has 2 aromatic rings. The van der Waals surface area contributed by atoms with Crippen molar-refractivity contribution in [2.45, 2.75) is 31.9 Å². The lowest BCUT2D eigenvalue weighted by Crippen LogP contribution is -2.32. The third kappa shape index (κ3) is 5.81. The number of aromatic nitrogens is 2. The van der Waals surface area contributed by atoms with Crippen molar-refractivity contribution in [2.24, 2.45) is 5.41 Å². The Morgan fingerprint density at radius 2 is 1.97 bits per heavy atom. The Kier molecular flexibility index (Phi) is 6.62. The number of nitrogens with zero attached hydrogens (tertiary/aromatic N) is 3. The van der Waals surface area contributed by atoms with Crippen molar-refractivity contribution in [1.82, 2.24) is 15.3 Å². The molecule has 0 saturated heterocycles. The summed E-state index contributed by atoms with van der Waals surface area (Å²) in [5.74, 6) is -0.355. The summed E-state index contributed by atoms with van der Waals surface area (Å²) in [5, 5.41) is 13.8. The fourth-order valence-electron chi connectivity index (χ4n) is 2.94. The van der Waals surface area contributed by atoms with Crippen LogP contribution in [0.2, 0.25) is 5.02 Å². The largest absolute Gasteiger partial charge is 0.481 e. The number of carbonyl (C=O) groups is 1. The first-order valence-corrected chi connectivity index (χ1v) is 11.8. The monoisotopic (exact) mass is 460 g/mol. The molecule has 1 aliphatic carbocycles. The number of halogens is 1. The fourth-order valence-corrected chi connectivity index (χ4v) is 3.70. The Bertz CT molecular complexity index is 1140. The molecule has 1 saturated carbocycles. The van der Waals surface area contributed by atoms with Crippen molar-refractivity contribution in [2.75, 3.05) is 6.26 Å². The predicted octanol–water partition coefficient (Wildman–Crippen LogP) is 3.23. The smallest absolute Gasteiger partial charge is 0.289 e. The van der Waals surface area contributed by atoms with Crippen molar-refractivity contribution < 1.29 is 17.9 Å². The van der Waals surface area contributed by atoms with E-state index in [1.165, 1.54) is 18.5 Å². The first-order chi connectivity index (χ1) is 14.6. The second kappa shape index (κ2) is 9.04. The molecule has 1 aliphatic rings. The Labute approximate surface area is 185 Å². The molecule has 31 heavy (non-hydrogen) atoms. The summed E-state index contributed by atoms with van der Waals surface area (Å²) in [5.41, 5.74) is 0.0409. The number of hydrogen-bond acceptors (Lipinski definition) is 7. The van der Waals surface area contributed by atoms with Crippen LogP contribution in [0, 0.1) is 16.7 Å². The van der Waals surface area contributed by atoms with Crippen LogP contribution >= 0.6 is 11.6 Å². The van der Waals surface area contributed by atoms with Crippen LogP contribution in [0.4, 0.5) is 0 Å². The molecular formula is C21H21ClN4O4S. The van der Waals surface area contributed by atoms with Crippen LogP contribution in [0.5, 0.6) is 5.75 Å². The highest BCUT2D eigenvalue weighted by atomic mass is 35.5. The second-order valence-corrected chi connectivity index (χ2v) is 9.79. The minimum absolute atomic E-state index is 0.0948. The van der Waals surface area contributed by atoms with E-state index in [-0.39, 0.29) is 5.82 Å². The number of ether oxygens (including phenoxy) is 1. The quantitative estimate of drug-likeness (QED) is 0.641. The van der Waals surface area contributed by atoms with Crippen molar-refractivity contribution in [3.63, 3.8) is 0 Å². The van der Waals surface area contributed by atoms with E-state index < -0.39 is 33.3 Å². The number of nitrogens with one attached hydrogen (secondary N) is 1. The number of carbonyl (C=O) groups excluding carboxylic acids is 1. The van der Waals surface area contributed by atoms with Crippen LogP contribution < -0.4 is 10.1 Å². The van der Waals surface area contributed by atoms with E-state index in [2.05, 4.69) is 21.4 Å². The van der Waals surface area contributed by atoms with E-state index in [4.69, 9.17) is 16.3 Å². The van der Waals surface area contributed by atoms with Gasteiger partial charge in [-0.2, -0.15) is 5.26 Å². The van der Waals surface area contributed by atoms with Crippen molar-refractivity contribution in [3.8, 4) is 11.8 Å². The number of nitriles is 1. The van der Waals surface area contributed by atoms with Gasteiger partial charge in [0.15, 0.2) is 15.6 Å². The molecule has 1 fully saturated rings. The third-order valence-electron chi connectivity index (χ3n) is 4.76. The zero-order chi connectivity index (χ0) is 22.6. The summed E-state index contributed by atoms with van der Waals surface area (Å²) in [6.45, 7) is 1.63. The van der Waals surface area contributed by atoms with Crippen molar-refractivity contribution in [3.05, 3.63) is 64.6 Å². The maximum absolute atomic E-state index is 12.3. The lowest BCUT2D eigenvalue weighted by molar-refractivity contribution is 0.0935. The summed E-state index contributed by atoms with van der Waals surface area (Å²) in [7, 11) is -3.28. The van der Waals surface area contributed by atoms with Gasteiger partial charge in [-0.3, -0.25) is 4.79 Å². The minimum Gasteiger partial charge on any atom is -0.481 e. The van der Waals surface area contributed by atoms with Gasteiger partial charge in [-0.25, -0.2) is 18.4 Å². The van der Waals surface area contributed by atoms with E-state index >= 15 is 0 Å². The van der Waals surface area contributed by atoms with Crippen LogP contribution in [0.3, 0.4) is 0 Å². The molecule has 0 radical (unpaired) electrons. The van der Waals surface area contributed by atoms with Crippen molar-refractivity contribution in [1.29, 1.82) is 5.26 Å². The SMILES string of the molecule is C[C@H](/C=C/S(C)(=O)=O)NC(=O)c1ncc(OC(c2ccccc2Cl)C2(C#N)CC2)cn1. The normalized spacial score (nSPS) is 16.8. The highest BCUT2D eigenvalue weighted by molar-refractivity contribution is 7.93. The Morgan fingerprint density at radius 1 is 1.32 bits per heavy atom. The van der Waals surface area contributed by atoms with Crippen LogP contribution in [-0.4, -0.2) is 36.6 Å². The zero-order valence-corrected chi connectivity index (χ0v) is 18.5. The summed E-state index contributed by atoms with van der Waals surface area (Å²) >= 11 is 6.33. The average Bonchev–Trinajstić information content (AvgIpc) is 3.52.